The Morgan fingerprint density at radius 1 is 1.17 bits per heavy atom. The van der Waals surface area contributed by atoms with E-state index in [9.17, 15) is 9.90 Å². The molecule has 4 heteroatoms. The van der Waals surface area contributed by atoms with Crippen LogP contribution < -0.4 is 4.90 Å². The summed E-state index contributed by atoms with van der Waals surface area (Å²) < 4.78 is 5.19. The van der Waals surface area contributed by atoms with Gasteiger partial charge in [-0.1, -0.05) is 40.5 Å². The number of nitrogens with zero attached hydrogens (tertiary/aromatic N) is 1. The van der Waals surface area contributed by atoms with Crippen molar-refractivity contribution < 1.29 is 14.6 Å². The maximum Gasteiger partial charge on any atom is 0.341 e. The Labute approximate surface area is 140 Å². The second-order valence-electron chi connectivity index (χ2n) is 6.39. The molecule has 0 fully saturated rings. The highest BCUT2D eigenvalue weighted by Gasteiger charge is 2.15. The molecule has 0 aliphatic carbocycles. The predicted molar refractivity (Wildman–Crippen MR) is 95.3 cm³/mol. The highest BCUT2D eigenvalue weighted by atomic mass is 16.5. The normalized spacial score (nSPS) is 10.8. The number of carbonyl (C=O) groups is 1. The number of aromatic hydroxyl groups is 1. The van der Waals surface area contributed by atoms with Gasteiger partial charge in [-0.15, -0.1) is 0 Å². The number of unbranched alkanes of at least 4 members (excludes halogenated alkanes) is 2. The zero-order chi connectivity index (χ0) is 17.2. The zero-order valence-corrected chi connectivity index (χ0v) is 15.0. The Bertz CT molecular complexity index is 478. The summed E-state index contributed by atoms with van der Waals surface area (Å²) in [4.78, 5) is 14.3. The van der Waals surface area contributed by atoms with Gasteiger partial charge in [0.1, 0.15) is 11.3 Å². The van der Waals surface area contributed by atoms with Gasteiger partial charge in [-0.25, -0.2) is 4.79 Å². The molecular weight excluding hydrogens is 290 g/mol. The largest absolute Gasteiger partial charge is 0.507 e. The molecule has 1 aromatic rings. The molecule has 1 N–H and O–H groups in total. The van der Waals surface area contributed by atoms with Crippen molar-refractivity contribution in [1.29, 1.82) is 0 Å². The molecule has 1 rings (SSSR count). The van der Waals surface area contributed by atoms with Crippen molar-refractivity contribution in [1.82, 2.24) is 0 Å². The number of phenols is 1. The van der Waals surface area contributed by atoms with Crippen molar-refractivity contribution in [2.24, 2.45) is 5.92 Å². The van der Waals surface area contributed by atoms with Crippen molar-refractivity contribution in [3.63, 3.8) is 0 Å². The Morgan fingerprint density at radius 2 is 1.78 bits per heavy atom. The van der Waals surface area contributed by atoms with Crippen LogP contribution in [0, 0.1) is 5.92 Å². The topological polar surface area (TPSA) is 49.8 Å². The molecule has 0 heterocycles. The van der Waals surface area contributed by atoms with E-state index in [0.29, 0.717) is 6.61 Å². The van der Waals surface area contributed by atoms with Gasteiger partial charge in [0.25, 0.3) is 0 Å². The summed E-state index contributed by atoms with van der Waals surface area (Å²) in [6.07, 6.45) is 4.49. The van der Waals surface area contributed by atoms with Gasteiger partial charge >= 0.3 is 5.97 Å². The van der Waals surface area contributed by atoms with E-state index in [1.54, 1.807) is 12.1 Å². The quantitative estimate of drug-likeness (QED) is 0.639. The fraction of sp³-hybridized carbons (Fsp3) is 0.632. The molecule has 0 aliphatic rings. The van der Waals surface area contributed by atoms with Crippen LogP contribution in [-0.2, 0) is 4.74 Å². The minimum absolute atomic E-state index is 0.00532. The van der Waals surface area contributed by atoms with Crippen LogP contribution in [0.5, 0.6) is 5.75 Å². The van der Waals surface area contributed by atoms with E-state index in [1.165, 1.54) is 0 Å². The van der Waals surface area contributed by atoms with Gasteiger partial charge in [0, 0.05) is 24.8 Å². The molecule has 0 aromatic heterocycles. The molecule has 1 aromatic carbocycles. The highest BCUT2D eigenvalue weighted by Crippen LogP contribution is 2.26. The molecule has 0 saturated carbocycles. The first kappa shape index (κ1) is 19.3. The van der Waals surface area contributed by atoms with E-state index >= 15 is 0 Å². The first-order valence-corrected chi connectivity index (χ1v) is 8.74. The zero-order valence-electron chi connectivity index (χ0n) is 15.0. The first-order chi connectivity index (χ1) is 11.0. The van der Waals surface area contributed by atoms with Crippen LogP contribution in [0.1, 0.15) is 63.7 Å². The van der Waals surface area contributed by atoms with E-state index in [4.69, 9.17) is 4.74 Å². The molecule has 4 nitrogen and oxygen atoms in total. The minimum Gasteiger partial charge on any atom is -0.507 e. The molecule has 0 radical (unpaired) electrons. The van der Waals surface area contributed by atoms with E-state index in [0.717, 1.165) is 44.5 Å². The maximum atomic E-state index is 12.0. The summed E-state index contributed by atoms with van der Waals surface area (Å²) in [5, 5.41) is 10.2. The fourth-order valence-corrected chi connectivity index (χ4v) is 2.28. The van der Waals surface area contributed by atoms with Gasteiger partial charge in [-0.3, -0.25) is 0 Å². The van der Waals surface area contributed by atoms with Crippen LogP contribution >= 0.6 is 0 Å². The monoisotopic (exact) mass is 321 g/mol. The number of rotatable bonds is 10. The summed E-state index contributed by atoms with van der Waals surface area (Å²) in [5.41, 5.74) is 1.20. The lowest BCUT2D eigenvalue weighted by Crippen LogP contribution is -2.25. The standard InChI is InChI=1S/C19H31NO3/c1-5-7-11-20(12-8-6-2)16-9-10-17(18(21)13-16)19(22)23-14-15(3)4/h9-10,13,15,21H,5-8,11-12,14H2,1-4H3. The van der Waals surface area contributed by atoms with Crippen LogP contribution in [0.4, 0.5) is 5.69 Å². The number of hydrogen-bond donors (Lipinski definition) is 1. The summed E-state index contributed by atoms with van der Waals surface area (Å²) in [6.45, 7) is 10.6. The fourth-order valence-electron chi connectivity index (χ4n) is 2.28. The molecule has 0 saturated heterocycles. The molecular formula is C19H31NO3. The van der Waals surface area contributed by atoms with Crippen molar-refractivity contribution in [2.75, 3.05) is 24.6 Å². The van der Waals surface area contributed by atoms with Crippen molar-refractivity contribution in [3.8, 4) is 5.75 Å². The summed E-state index contributed by atoms with van der Waals surface area (Å²) in [5.74, 6) is -0.190. The smallest absolute Gasteiger partial charge is 0.341 e. The predicted octanol–water partition coefficient (Wildman–Crippen LogP) is 4.61. The molecule has 0 amide bonds. The summed E-state index contributed by atoms with van der Waals surface area (Å²) >= 11 is 0. The number of esters is 1. The lowest BCUT2D eigenvalue weighted by Gasteiger charge is -2.25. The lowest BCUT2D eigenvalue weighted by atomic mass is 10.1. The van der Waals surface area contributed by atoms with Crippen molar-refractivity contribution >= 4 is 11.7 Å². The second-order valence-corrected chi connectivity index (χ2v) is 6.39. The summed E-state index contributed by atoms with van der Waals surface area (Å²) in [6, 6.07) is 5.24. The Kier molecular flexibility index (Phi) is 8.52. The van der Waals surface area contributed by atoms with E-state index < -0.39 is 5.97 Å². The average Bonchev–Trinajstić information content (AvgIpc) is 2.52. The second kappa shape index (κ2) is 10.1. The molecule has 0 bridgehead atoms. The van der Waals surface area contributed by atoms with E-state index in [1.807, 2.05) is 19.9 Å². The van der Waals surface area contributed by atoms with Crippen LogP contribution in [0.15, 0.2) is 18.2 Å². The van der Waals surface area contributed by atoms with Crippen LogP contribution in [0.25, 0.3) is 0 Å². The van der Waals surface area contributed by atoms with Crippen LogP contribution in [-0.4, -0.2) is 30.8 Å². The molecule has 0 aliphatic heterocycles. The van der Waals surface area contributed by atoms with Gasteiger partial charge in [0.15, 0.2) is 0 Å². The third kappa shape index (κ3) is 6.51. The number of benzene rings is 1. The van der Waals surface area contributed by atoms with E-state index in [-0.39, 0.29) is 17.2 Å². The molecule has 23 heavy (non-hydrogen) atoms. The Morgan fingerprint density at radius 3 is 2.26 bits per heavy atom. The van der Waals surface area contributed by atoms with Gasteiger partial charge < -0.3 is 14.7 Å². The Balaban J connectivity index is 2.84. The average molecular weight is 321 g/mol. The highest BCUT2D eigenvalue weighted by molar-refractivity contribution is 5.93. The number of carbonyl (C=O) groups excluding carboxylic acids is 1. The van der Waals surface area contributed by atoms with Gasteiger partial charge in [-0.05, 0) is 30.9 Å². The molecule has 0 unspecified atom stereocenters. The molecule has 0 atom stereocenters. The first-order valence-electron chi connectivity index (χ1n) is 8.74. The van der Waals surface area contributed by atoms with Gasteiger partial charge in [0.2, 0.25) is 0 Å². The molecule has 130 valence electrons. The van der Waals surface area contributed by atoms with Crippen LogP contribution in [0.2, 0.25) is 0 Å². The van der Waals surface area contributed by atoms with Crippen molar-refractivity contribution in [3.05, 3.63) is 23.8 Å². The Hall–Kier alpha value is -1.71. The van der Waals surface area contributed by atoms with Gasteiger partial charge in [0.05, 0.1) is 6.61 Å². The maximum absolute atomic E-state index is 12.0. The SMILES string of the molecule is CCCCN(CCCC)c1ccc(C(=O)OCC(C)C)c(O)c1. The number of hydrogen-bond acceptors (Lipinski definition) is 4. The minimum atomic E-state index is -0.462. The number of phenolic OH excluding ortho intramolecular Hbond substituents is 1. The van der Waals surface area contributed by atoms with E-state index in [2.05, 4.69) is 18.7 Å². The van der Waals surface area contributed by atoms with Crippen molar-refractivity contribution in [2.45, 2.75) is 53.4 Å². The van der Waals surface area contributed by atoms with Gasteiger partial charge in [-0.2, -0.15) is 0 Å². The number of anilines is 1. The molecule has 0 spiro atoms. The summed E-state index contributed by atoms with van der Waals surface area (Å²) in [7, 11) is 0. The lowest BCUT2D eigenvalue weighted by molar-refractivity contribution is 0.0455. The van der Waals surface area contributed by atoms with Crippen LogP contribution in [0.3, 0.4) is 0 Å². The number of ether oxygens (including phenoxy) is 1. The third-order valence-electron chi connectivity index (χ3n) is 3.68. The third-order valence-corrected chi connectivity index (χ3v) is 3.68.